The van der Waals surface area contributed by atoms with Crippen LogP contribution >= 0.6 is 11.6 Å². The first-order valence-electron chi connectivity index (χ1n) is 5.01. The van der Waals surface area contributed by atoms with Crippen molar-refractivity contribution in [2.24, 2.45) is 0 Å². The average Bonchev–Trinajstić information content (AvgIpc) is 2.28. The number of nitrogens with zero attached hydrogens (tertiary/aromatic N) is 1. The lowest BCUT2D eigenvalue weighted by Crippen LogP contribution is -2.42. The van der Waals surface area contributed by atoms with Gasteiger partial charge in [-0.25, -0.2) is 0 Å². The quantitative estimate of drug-likeness (QED) is 0.519. The van der Waals surface area contributed by atoms with Crippen LogP contribution in [-0.4, -0.2) is 16.4 Å². The first kappa shape index (κ1) is 14.0. The highest BCUT2D eigenvalue weighted by Gasteiger charge is 2.24. The second-order valence-electron chi connectivity index (χ2n) is 4.14. The van der Waals surface area contributed by atoms with Gasteiger partial charge >= 0.3 is 0 Å². The summed E-state index contributed by atoms with van der Waals surface area (Å²) in [6.45, 7) is 3.24. The molecule has 0 fully saturated rings. The molecule has 1 aromatic rings. The molecule has 0 bridgehead atoms. The number of hydrogen-bond donors (Lipinski definition) is 1. The molecule has 0 saturated heterocycles. The Kier molecular flexibility index (Phi) is 3.94. The van der Waals surface area contributed by atoms with Crippen LogP contribution in [0.15, 0.2) is 18.2 Å². The minimum Gasteiger partial charge on any atom is -0.336 e. The number of amides is 1. The van der Waals surface area contributed by atoms with Crippen LogP contribution in [0.3, 0.4) is 0 Å². The number of benzene rings is 1. The molecule has 6 heteroatoms. The van der Waals surface area contributed by atoms with Gasteiger partial charge < -0.3 is 5.32 Å². The zero-order valence-corrected chi connectivity index (χ0v) is 10.6. The van der Waals surface area contributed by atoms with E-state index in [1.807, 2.05) is 0 Å². The van der Waals surface area contributed by atoms with Gasteiger partial charge in [0, 0.05) is 11.1 Å². The summed E-state index contributed by atoms with van der Waals surface area (Å²) in [6, 6.07) is 3.83. The van der Waals surface area contributed by atoms with Gasteiger partial charge in [0.2, 0.25) is 0 Å². The zero-order valence-electron chi connectivity index (χ0n) is 9.86. The number of carbonyl (C=O) groups excluding carboxylic acids is 1. The summed E-state index contributed by atoms with van der Waals surface area (Å²) in [6.07, 6.45) is 5.23. The lowest BCUT2D eigenvalue weighted by Gasteiger charge is -2.19. The molecular formula is C12H11ClN2O3. The summed E-state index contributed by atoms with van der Waals surface area (Å²) in [5.74, 6) is 1.76. The van der Waals surface area contributed by atoms with Gasteiger partial charge in [-0.1, -0.05) is 17.5 Å². The summed E-state index contributed by atoms with van der Waals surface area (Å²) in [5, 5.41) is 13.5. The second-order valence-corrected chi connectivity index (χ2v) is 4.58. The molecule has 0 saturated carbocycles. The third-order valence-corrected chi connectivity index (χ3v) is 2.42. The van der Waals surface area contributed by atoms with E-state index in [1.54, 1.807) is 13.8 Å². The number of hydrogen-bond acceptors (Lipinski definition) is 3. The Hall–Kier alpha value is -2.06. The molecule has 1 N–H and O–H groups in total. The molecule has 1 rings (SSSR count). The molecule has 0 radical (unpaired) electrons. The van der Waals surface area contributed by atoms with Crippen molar-refractivity contribution < 1.29 is 9.72 Å². The molecule has 1 aromatic carbocycles. The van der Waals surface area contributed by atoms with E-state index in [1.165, 1.54) is 12.1 Å². The predicted octanol–water partition coefficient (Wildman–Crippen LogP) is 2.39. The second kappa shape index (κ2) is 5.07. The van der Waals surface area contributed by atoms with E-state index in [-0.39, 0.29) is 16.3 Å². The molecule has 18 heavy (non-hydrogen) atoms. The molecular weight excluding hydrogens is 256 g/mol. The Morgan fingerprint density at radius 1 is 1.56 bits per heavy atom. The van der Waals surface area contributed by atoms with Crippen molar-refractivity contribution in [3.8, 4) is 12.3 Å². The van der Waals surface area contributed by atoms with Gasteiger partial charge in [0.15, 0.2) is 0 Å². The van der Waals surface area contributed by atoms with E-state index in [4.69, 9.17) is 18.0 Å². The first-order valence-corrected chi connectivity index (χ1v) is 5.39. The van der Waals surface area contributed by atoms with Crippen LogP contribution in [-0.2, 0) is 0 Å². The van der Waals surface area contributed by atoms with Crippen LogP contribution in [0.4, 0.5) is 5.69 Å². The maximum absolute atomic E-state index is 11.9. The van der Waals surface area contributed by atoms with E-state index in [0.29, 0.717) is 0 Å². The smallest absolute Gasteiger partial charge is 0.283 e. The van der Waals surface area contributed by atoms with Gasteiger partial charge in [0.1, 0.15) is 5.56 Å². The van der Waals surface area contributed by atoms with Crippen LogP contribution < -0.4 is 5.32 Å². The number of nitro benzene ring substituents is 1. The van der Waals surface area contributed by atoms with Crippen LogP contribution in [0.2, 0.25) is 5.02 Å². The van der Waals surface area contributed by atoms with Crippen molar-refractivity contribution in [3.63, 3.8) is 0 Å². The third-order valence-electron chi connectivity index (χ3n) is 2.19. The predicted molar refractivity (Wildman–Crippen MR) is 68.5 cm³/mol. The molecule has 0 spiro atoms. The SMILES string of the molecule is C#CC(C)(C)NC(=O)c1ccc(Cl)cc1[N+](=O)[O-]. The monoisotopic (exact) mass is 266 g/mol. The lowest BCUT2D eigenvalue weighted by atomic mass is 10.1. The molecule has 0 unspecified atom stereocenters. The van der Waals surface area contributed by atoms with Gasteiger partial charge in [0.05, 0.1) is 10.5 Å². The number of nitro groups is 1. The minimum atomic E-state index is -0.884. The van der Waals surface area contributed by atoms with Crippen LogP contribution in [0.25, 0.3) is 0 Å². The topological polar surface area (TPSA) is 72.2 Å². The van der Waals surface area contributed by atoms with Crippen molar-refractivity contribution in [2.75, 3.05) is 0 Å². The van der Waals surface area contributed by atoms with Crippen molar-refractivity contribution in [3.05, 3.63) is 38.9 Å². The molecule has 1 amide bonds. The lowest BCUT2D eigenvalue weighted by molar-refractivity contribution is -0.385. The highest BCUT2D eigenvalue weighted by Crippen LogP contribution is 2.23. The highest BCUT2D eigenvalue weighted by molar-refractivity contribution is 6.31. The molecule has 0 aliphatic rings. The number of carbonyl (C=O) groups is 1. The number of rotatable bonds is 3. The normalized spacial score (nSPS) is 10.6. The molecule has 0 heterocycles. The summed E-state index contributed by atoms with van der Waals surface area (Å²) in [7, 11) is 0. The zero-order chi connectivity index (χ0) is 13.9. The van der Waals surface area contributed by atoms with Crippen LogP contribution in [0, 0.1) is 22.5 Å². The van der Waals surface area contributed by atoms with Gasteiger partial charge in [-0.3, -0.25) is 14.9 Å². The Morgan fingerprint density at radius 3 is 2.67 bits per heavy atom. The maximum Gasteiger partial charge on any atom is 0.283 e. The number of nitrogens with one attached hydrogen (secondary N) is 1. The third kappa shape index (κ3) is 3.22. The van der Waals surface area contributed by atoms with E-state index >= 15 is 0 Å². The summed E-state index contributed by atoms with van der Waals surface area (Å²) < 4.78 is 0. The molecule has 0 atom stereocenters. The Bertz CT molecular complexity index is 547. The Labute approximate surface area is 109 Å². The number of halogens is 1. The van der Waals surface area contributed by atoms with Crippen molar-refractivity contribution in [1.29, 1.82) is 0 Å². The van der Waals surface area contributed by atoms with Crippen LogP contribution in [0.5, 0.6) is 0 Å². The maximum atomic E-state index is 11.9. The van der Waals surface area contributed by atoms with Crippen molar-refractivity contribution in [2.45, 2.75) is 19.4 Å². The van der Waals surface area contributed by atoms with Crippen molar-refractivity contribution in [1.82, 2.24) is 5.32 Å². The van der Waals surface area contributed by atoms with Crippen molar-refractivity contribution >= 4 is 23.2 Å². The summed E-state index contributed by atoms with van der Waals surface area (Å²) in [4.78, 5) is 22.1. The fourth-order valence-corrected chi connectivity index (χ4v) is 1.40. The molecule has 5 nitrogen and oxygen atoms in total. The molecule has 0 aliphatic carbocycles. The number of terminal acetylenes is 1. The summed E-state index contributed by atoms with van der Waals surface area (Å²) >= 11 is 5.66. The van der Waals surface area contributed by atoms with E-state index in [9.17, 15) is 14.9 Å². The molecule has 0 aliphatic heterocycles. The summed E-state index contributed by atoms with van der Waals surface area (Å²) in [5.41, 5.74) is -1.31. The molecule has 94 valence electrons. The van der Waals surface area contributed by atoms with Gasteiger partial charge in [-0.2, -0.15) is 0 Å². The standard InChI is InChI=1S/C12H11ClN2O3/c1-4-12(2,3)14-11(16)9-6-5-8(13)7-10(9)15(17)18/h1,5-7H,2-3H3,(H,14,16). The minimum absolute atomic E-state index is 0.0762. The highest BCUT2D eigenvalue weighted by atomic mass is 35.5. The van der Waals surface area contributed by atoms with Crippen LogP contribution in [0.1, 0.15) is 24.2 Å². The van der Waals surface area contributed by atoms with Gasteiger partial charge in [-0.15, -0.1) is 6.42 Å². The Balaban J connectivity index is 3.15. The fourth-order valence-electron chi connectivity index (χ4n) is 1.24. The van der Waals surface area contributed by atoms with E-state index in [0.717, 1.165) is 6.07 Å². The Morgan fingerprint density at radius 2 is 2.17 bits per heavy atom. The molecule has 0 aromatic heterocycles. The van der Waals surface area contributed by atoms with E-state index in [2.05, 4.69) is 11.2 Å². The van der Waals surface area contributed by atoms with E-state index < -0.39 is 16.4 Å². The van der Waals surface area contributed by atoms with Gasteiger partial charge in [-0.05, 0) is 26.0 Å². The largest absolute Gasteiger partial charge is 0.336 e. The fraction of sp³-hybridized carbons (Fsp3) is 0.250. The van der Waals surface area contributed by atoms with Gasteiger partial charge in [0.25, 0.3) is 11.6 Å². The average molecular weight is 267 g/mol. The first-order chi connectivity index (χ1) is 8.26.